The minimum atomic E-state index is 0.465. The SMILES string of the molecule is C=Cc1ncc(C(C)C)cc1N=C. The molecule has 1 aromatic rings. The van der Waals surface area contributed by atoms with E-state index in [9.17, 15) is 0 Å². The fourth-order valence-corrected chi connectivity index (χ4v) is 1.08. The highest BCUT2D eigenvalue weighted by Crippen LogP contribution is 2.23. The number of aromatic nitrogens is 1. The predicted molar refractivity (Wildman–Crippen MR) is 57.6 cm³/mol. The third-order valence-electron chi connectivity index (χ3n) is 1.95. The molecule has 0 saturated carbocycles. The van der Waals surface area contributed by atoms with Crippen molar-refractivity contribution in [2.24, 2.45) is 4.99 Å². The van der Waals surface area contributed by atoms with Gasteiger partial charge in [0, 0.05) is 6.20 Å². The van der Waals surface area contributed by atoms with Gasteiger partial charge < -0.3 is 0 Å². The lowest BCUT2D eigenvalue weighted by atomic mass is 10.0. The van der Waals surface area contributed by atoms with E-state index < -0.39 is 0 Å². The maximum Gasteiger partial charge on any atom is 0.0882 e. The molecule has 1 aromatic heterocycles. The normalized spacial score (nSPS) is 10.1. The second-order valence-electron chi connectivity index (χ2n) is 3.19. The molecule has 0 fully saturated rings. The summed E-state index contributed by atoms with van der Waals surface area (Å²) in [5.74, 6) is 0.465. The van der Waals surface area contributed by atoms with Gasteiger partial charge in [-0.15, -0.1) is 0 Å². The van der Waals surface area contributed by atoms with Gasteiger partial charge in [0.1, 0.15) is 0 Å². The summed E-state index contributed by atoms with van der Waals surface area (Å²) >= 11 is 0. The minimum Gasteiger partial charge on any atom is -0.262 e. The smallest absolute Gasteiger partial charge is 0.0882 e. The number of aliphatic imine (C=N–C) groups is 1. The predicted octanol–water partition coefficient (Wildman–Crippen LogP) is 3.18. The van der Waals surface area contributed by atoms with Gasteiger partial charge in [-0.1, -0.05) is 20.4 Å². The van der Waals surface area contributed by atoms with Gasteiger partial charge in [-0.2, -0.15) is 0 Å². The quantitative estimate of drug-likeness (QED) is 0.646. The van der Waals surface area contributed by atoms with Crippen molar-refractivity contribution in [2.45, 2.75) is 19.8 Å². The highest BCUT2D eigenvalue weighted by molar-refractivity contribution is 5.62. The van der Waals surface area contributed by atoms with Gasteiger partial charge >= 0.3 is 0 Å². The van der Waals surface area contributed by atoms with Gasteiger partial charge in [-0.3, -0.25) is 9.98 Å². The molecule has 0 unspecified atom stereocenters. The van der Waals surface area contributed by atoms with Gasteiger partial charge in [-0.05, 0) is 30.3 Å². The molecule has 0 aliphatic carbocycles. The standard InChI is InChI=1S/C11H14N2/c1-5-10-11(12-4)6-9(7-13-10)8(2)3/h5-8H,1,4H2,2-3H3. The molecule has 0 aliphatic heterocycles. The molecule has 68 valence electrons. The van der Waals surface area contributed by atoms with E-state index in [2.05, 4.69) is 37.1 Å². The molecule has 0 spiro atoms. The average molecular weight is 174 g/mol. The lowest BCUT2D eigenvalue weighted by Crippen LogP contribution is -1.90. The van der Waals surface area contributed by atoms with Crippen molar-refractivity contribution < 1.29 is 0 Å². The Morgan fingerprint density at radius 2 is 2.23 bits per heavy atom. The molecule has 0 aliphatic rings. The summed E-state index contributed by atoms with van der Waals surface area (Å²) in [6.07, 6.45) is 3.55. The molecular weight excluding hydrogens is 160 g/mol. The van der Waals surface area contributed by atoms with Crippen LogP contribution >= 0.6 is 0 Å². The van der Waals surface area contributed by atoms with Crippen LogP contribution in [0.5, 0.6) is 0 Å². The maximum absolute atomic E-state index is 4.24. The Morgan fingerprint density at radius 1 is 1.54 bits per heavy atom. The zero-order valence-corrected chi connectivity index (χ0v) is 8.12. The van der Waals surface area contributed by atoms with Crippen LogP contribution in [-0.2, 0) is 0 Å². The van der Waals surface area contributed by atoms with Crippen LogP contribution < -0.4 is 0 Å². The van der Waals surface area contributed by atoms with Crippen LogP contribution in [-0.4, -0.2) is 11.7 Å². The maximum atomic E-state index is 4.24. The molecule has 1 rings (SSSR count). The molecular formula is C11H14N2. The van der Waals surface area contributed by atoms with E-state index in [0.717, 1.165) is 11.4 Å². The Balaban J connectivity index is 3.20. The Bertz CT molecular complexity index is 327. The fourth-order valence-electron chi connectivity index (χ4n) is 1.08. The molecule has 1 heterocycles. The first-order valence-corrected chi connectivity index (χ1v) is 4.28. The largest absolute Gasteiger partial charge is 0.262 e. The topological polar surface area (TPSA) is 25.2 Å². The van der Waals surface area contributed by atoms with Crippen molar-refractivity contribution in [2.75, 3.05) is 0 Å². The highest BCUT2D eigenvalue weighted by atomic mass is 14.8. The number of nitrogens with zero attached hydrogens (tertiary/aromatic N) is 2. The van der Waals surface area contributed by atoms with Crippen LogP contribution in [0.2, 0.25) is 0 Å². The van der Waals surface area contributed by atoms with E-state index in [-0.39, 0.29) is 0 Å². The second kappa shape index (κ2) is 3.99. The highest BCUT2D eigenvalue weighted by Gasteiger charge is 2.03. The molecule has 13 heavy (non-hydrogen) atoms. The Morgan fingerprint density at radius 3 is 2.69 bits per heavy atom. The fraction of sp³-hybridized carbons (Fsp3) is 0.273. The monoisotopic (exact) mass is 174 g/mol. The third-order valence-corrected chi connectivity index (χ3v) is 1.95. The average Bonchev–Trinajstić information content (AvgIpc) is 2.16. The van der Waals surface area contributed by atoms with E-state index >= 15 is 0 Å². The summed E-state index contributed by atoms with van der Waals surface area (Å²) in [6.45, 7) is 11.4. The Kier molecular flexibility index (Phi) is 2.96. The van der Waals surface area contributed by atoms with Crippen LogP contribution in [0, 0.1) is 0 Å². The summed E-state index contributed by atoms with van der Waals surface area (Å²) in [5.41, 5.74) is 2.77. The Hall–Kier alpha value is -1.44. The van der Waals surface area contributed by atoms with Crippen LogP contribution in [0.3, 0.4) is 0 Å². The zero-order valence-electron chi connectivity index (χ0n) is 8.12. The van der Waals surface area contributed by atoms with E-state index in [1.807, 2.05) is 12.3 Å². The first-order valence-electron chi connectivity index (χ1n) is 4.28. The van der Waals surface area contributed by atoms with Crippen molar-refractivity contribution in [1.29, 1.82) is 0 Å². The van der Waals surface area contributed by atoms with Crippen LogP contribution in [0.15, 0.2) is 23.8 Å². The van der Waals surface area contributed by atoms with Crippen molar-refractivity contribution in [3.8, 4) is 0 Å². The first kappa shape index (κ1) is 9.65. The molecule has 0 saturated heterocycles. The van der Waals surface area contributed by atoms with Gasteiger partial charge in [0.2, 0.25) is 0 Å². The molecule has 0 atom stereocenters. The molecule has 0 aromatic carbocycles. The lowest BCUT2D eigenvalue weighted by Gasteiger charge is -2.06. The summed E-state index contributed by atoms with van der Waals surface area (Å²) in [4.78, 5) is 8.14. The molecule has 0 N–H and O–H groups in total. The van der Waals surface area contributed by atoms with E-state index in [1.54, 1.807) is 6.08 Å². The van der Waals surface area contributed by atoms with Gasteiger partial charge in [0.05, 0.1) is 11.4 Å². The van der Waals surface area contributed by atoms with Crippen LogP contribution in [0.25, 0.3) is 6.08 Å². The summed E-state index contributed by atoms with van der Waals surface area (Å²) < 4.78 is 0. The molecule has 0 radical (unpaired) electrons. The minimum absolute atomic E-state index is 0.465. The van der Waals surface area contributed by atoms with Gasteiger partial charge in [0.15, 0.2) is 0 Å². The Labute approximate surface area is 79.0 Å². The third kappa shape index (κ3) is 2.02. The number of pyridine rings is 1. The van der Waals surface area contributed by atoms with Crippen LogP contribution in [0.4, 0.5) is 5.69 Å². The number of hydrogen-bond donors (Lipinski definition) is 0. The van der Waals surface area contributed by atoms with Crippen molar-refractivity contribution in [3.63, 3.8) is 0 Å². The molecule has 0 amide bonds. The lowest BCUT2D eigenvalue weighted by molar-refractivity contribution is 0.857. The second-order valence-corrected chi connectivity index (χ2v) is 3.19. The molecule has 0 bridgehead atoms. The van der Waals surface area contributed by atoms with E-state index in [0.29, 0.717) is 5.92 Å². The van der Waals surface area contributed by atoms with Crippen molar-refractivity contribution in [1.82, 2.24) is 4.98 Å². The summed E-state index contributed by atoms with van der Waals surface area (Å²) in [6, 6.07) is 2.00. The van der Waals surface area contributed by atoms with Gasteiger partial charge in [-0.25, -0.2) is 0 Å². The van der Waals surface area contributed by atoms with Gasteiger partial charge in [0.25, 0.3) is 0 Å². The summed E-state index contributed by atoms with van der Waals surface area (Å²) in [7, 11) is 0. The van der Waals surface area contributed by atoms with Crippen molar-refractivity contribution >= 4 is 18.5 Å². The molecule has 2 nitrogen and oxygen atoms in total. The first-order chi connectivity index (χ1) is 6.19. The van der Waals surface area contributed by atoms with Crippen molar-refractivity contribution in [3.05, 3.63) is 30.1 Å². The van der Waals surface area contributed by atoms with E-state index in [4.69, 9.17) is 0 Å². The van der Waals surface area contributed by atoms with E-state index in [1.165, 1.54) is 5.56 Å². The molecule has 2 heteroatoms. The number of hydrogen-bond acceptors (Lipinski definition) is 2. The number of rotatable bonds is 3. The van der Waals surface area contributed by atoms with Crippen LogP contribution in [0.1, 0.15) is 31.0 Å². The zero-order chi connectivity index (χ0) is 9.84. The summed E-state index contributed by atoms with van der Waals surface area (Å²) in [5, 5.41) is 0.